The zero-order chi connectivity index (χ0) is 12.5. The Morgan fingerprint density at radius 2 is 2.12 bits per heavy atom. The number of Topliss-reactive ketones (excluding diaryl/α,β-unsaturated/α-hetero) is 1. The third-order valence-corrected chi connectivity index (χ3v) is 4.04. The Labute approximate surface area is 103 Å². The highest BCUT2D eigenvalue weighted by molar-refractivity contribution is 5.98. The monoisotopic (exact) mass is 234 g/mol. The van der Waals surface area contributed by atoms with Gasteiger partial charge in [-0.25, -0.2) is 0 Å². The minimum atomic E-state index is -0.535. The summed E-state index contributed by atoms with van der Waals surface area (Å²) in [4.78, 5) is 12.3. The highest BCUT2D eigenvalue weighted by Gasteiger charge is 2.40. The quantitative estimate of drug-likeness (QED) is 0.762. The number of hydrogen-bond acceptors (Lipinski definition) is 2. The van der Waals surface area contributed by atoms with Crippen molar-refractivity contribution < 1.29 is 9.90 Å². The summed E-state index contributed by atoms with van der Waals surface area (Å²) in [6.45, 7) is 3.76. The molecule has 0 saturated heterocycles. The topological polar surface area (TPSA) is 37.3 Å². The number of allylic oxidation sites excluding steroid dienone is 4. The van der Waals surface area contributed by atoms with Gasteiger partial charge in [0.2, 0.25) is 0 Å². The molecule has 1 spiro atoms. The van der Waals surface area contributed by atoms with Crippen LogP contribution in [0.1, 0.15) is 52.4 Å². The van der Waals surface area contributed by atoms with Crippen molar-refractivity contribution in [3.63, 3.8) is 0 Å². The molecule has 1 atom stereocenters. The van der Waals surface area contributed by atoms with E-state index in [0.29, 0.717) is 0 Å². The van der Waals surface area contributed by atoms with Crippen LogP contribution >= 0.6 is 0 Å². The van der Waals surface area contributed by atoms with E-state index in [9.17, 15) is 9.90 Å². The Morgan fingerprint density at radius 1 is 1.47 bits per heavy atom. The van der Waals surface area contributed by atoms with E-state index >= 15 is 0 Å². The van der Waals surface area contributed by atoms with Crippen molar-refractivity contribution in [2.24, 2.45) is 5.41 Å². The van der Waals surface area contributed by atoms with Gasteiger partial charge in [0.15, 0.2) is 5.78 Å². The fourth-order valence-electron chi connectivity index (χ4n) is 3.38. The summed E-state index contributed by atoms with van der Waals surface area (Å²) in [5.74, 6) is 0.156. The average molecular weight is 234 g/mol. The first-order valence-corrected chi connectivity index (χ1v) is 6.64. The van der Waals surface area contributed by atoms with Crippen molar-refractivity contribution >= 4 is 5.78 Å². The number of aliphatic hydroxyl groups is 1. The van der Waals surface area contributed by atoms with Crippen LogP contribution < -0.4 is 0 Å². The minimum absolute atomic E-state index is 0.00824. The Morgan fingerprint density at radius 3 is 2.71 bits per heavy atom. The summed E-state index contributed by atoms with van der Waals surface area (Å²) >= 11 is 0. The predicted octanol–water partition coefficient (Wildman–Crippen LogP) is 3.16. The molecule has 0 bridgehead atoms. The molecule has 1 fully saturated rings. The first kappa shape index (κ1) is 12.6. The van der Waals surface area contributed by atoms with Gasteiger partial charge in [0, 0.05) is 17.4 Å². The highest BCUT2D eigenvalue weighted by atomic mass is 16.3. The second-order valence-electron chi connectivity index (χ2n) is 5.60. The van der Waals surface area contributed by atoms with Crippen LogP contribution in [-0.4, -0.2) is 17.0 Å². The van der Waals surface area contributed by atoms with Gasteiger partial charge in [-0.3, -0.25) is 4.79 Å². The van der Waals surface area contributed by atoms with E-state index in [2.05, 4.69) is 19.1 Å². The first-order chi connectivity index (χ1) is 8.05. The van der Waals surface area contributed by atoms with E-state index in [-0.39, 0.29) is 17.6 Å². The molecule has 0 aromatic rings. The highest BCUT2D eigenvalue weighted by Crippen LogP contribution is 2.49. The van der Waals surface area contributed by atoms with Gasteiger partial charge in [0.25, 0.3) is 0 Å². The number of ketones is 1. The number of carbonyl (C=O) groups is 1. The second kappa shape index (κ2) is 4.77. The molecule has 0 radical (unpaired) electrons. The van der Waals surface area contributed by atoms with E-state index in [4.69, 9.17) is 0 Å². The Kier molecular flexibility index (Phi) is 3.53. The standard InChI is InChI=1S/C15H22O2/c1-11-6-5-9-15(7-3-4-8-15)14(11)13(17)10-12(2)16/h5,9,12,16H,3-4,6-8,10H2,1-2H3. The van der Waals surface area contributed by atoms with Crippen LogP contribution in [-0.2, 0) is 4.79 Å². The van der Waals surface area contributed by atoms with Crippen molar-refractivity contribution in [2.45, 2.75) is 58.5 Å². The largest absolute Gasteiger partial charge is 0.393 e. The molecule has 2 aliphatic rings. The molecular weight excluding hydrogens is 212 g/mol. The van der Waals surface area contributed by atoms with Crippen molar-refractivity contribution in [3.05, 3.63) is 23.3 Å². The molecule has 17 heavy (non-hydrogen) atoms. The molecule has 2 heteroatoms. The van der Waals surface area contributed by atoms with E-state index in [0.717, 1.165) is 24.8 Å². The summed E-state index contributed by atoms with van der Waals surface area (Å²) < 4.78 is 0. The van der Waals surface area contributed by atoms with Crippen molar-refractivity contribution in [3.8, 4) is 0 Å². The fourth-order valence-corrected chi connectivity index (χ4v) is 3.38. The molecule has 0 aromatic carbocycles. The lowest BCUT2D eigenvalue weighted by atomic mass is 9.70. The zero-order valence-corrected chi connectivity index (χ0v) is 10.8. The Bertz CT molecular complexity index is 368. The molecule has 2 nitrogen and oxygen atoms in total. The van der Waals surface area contributed by atoms with E-state index < -0.39 is 6.10 Å². The number of rotatable bonds is 3. The maximum absolute atomic E-state index is 12.3. The average Bonchev–Trinajstić information content (AvgIpc) is 2.65. The molecule has 1 saturated carbocycles. The third-order valence-electron chi connectivity index (χ3n) is 4.04. The van der Waals surface area contributed by atoms with Crippen LogP contribution in [0.25, 0.3) is 0 Å². The van der Waals surface area contributed by atoms with Gasteiger partial charge in [0.05, 0.1) is 6.10 Å². The molecule has 2 aliphatic carbocycles. The Hall–Kier alpha value is -0.890. The lowest BCUT2D eigenvalue weighted by Crippen LogP contribution is -2.28. The molecule has 0 aromatic heterocycles. The van der Waals surface area contributed by atoms with Crippen LogP contribution in [0, 0.1) is 5.41 Å². The van der Waals surface area contributed by atoms with Gasteiger partial charge in [-0.15, -0.1) is 0 Å². The summed E-state index contributed by atoms with van der Waals surface area (Å²) in [6, 6.07) is 0. The lowest BCUT2D eigenvalue weighted by Gasteiger charge is -2.33. The summed E-state index contributed by atoms with van der Waals surface area (Å²) in [5, 5.41) is 9.41. The van der Waals surface area contributed by atoms with Gasteiger partial charge >= 0.3 is 0 Å². The fraction of sp³-hybridized carbons (Fsp3) is 0.667. The molecule has 1 N–H and O–H groups in total. The van der Waals surface area contributed by atoms with E-state index in [1.807, 2.05) is 0 Å². The SMILES string of the molecule is CC1=C(C(=O)CC(C)O)C2(C=CC1)CCCC2. The number of carbonyl (C=O) groups excluding carboxylic acids is 1. The number of aliphatic hydroxyl groups excluding tert-OH is 1. The van der Waals surface area contributed by atoms with Crippen molar-refractivity contribution in [1.82, 2.24) is 0 Å². The minimum Gasteiger partial charge on any atom is -0.393 e. The van der Waals surface area contributed by atoms with Gasteiger partial charge in [-0.1, -0.05) is 30.6 Å². The summed E-state index contributed by atoms with van der Waals surface area (Å²) in [5.41, 5.74) is 2.23. The third kappa shape index (κ3) is 2.37. The summed E-state index contributed by atoms with van der Waals surface area (Å²) in [6.07, 6.45) is 9.70. The Balaban J connectivity index is 2.30. The van der Waals surface area contributed by atoms with Gasteiger partial charge in [0.1, 0.15) is 0 Å². The maximum Gasteiger partial charge on any atom is 0.162 e. The molecule has 0 aliphatic heterocycles. The zero-order valence-electron chi connectivity index (χ0n) is 10.8. The normalized spacial score (nSPS) is 24.4. The molecular formula is C15H22O2. The summed E-state index contributed by atoms with van der Waals surface area (Å²) in [7, 11) is 0. The van der Waals surface area contributed by atoms with E-state index in [1.54, 1.807) is 6.92 Å². The molecule has 94 valence electrons. The molecule has 1 unspecified atom stereocenters. The van der Waals surface area contributed by atoms with Crippen LogP contribution in [0.15, 0.2) is 23.3 Å². The predicted molar refractivity (Wildman–Crippen MR) is 68.7 cm³/mol. The molecule has 2 rings (SSSR count). The van der Waals surface area contributed by atoms with Gasteiger partial charge in [-0.2, -0.15) is 0 Å². The number of hydrogen-bond donors (Lipinski definition) is 1. The smallest absolute Gasteiger partial charge is 0.162 e. The van der Waals surface area contributed by atoms with Crippen LogP contribution in [0.4, 0.5) is 0 Å². The molecule has 0 heterocycles. The van der Waals surface area contributed by atoms with E-state index in [1.165, 1.54) is 18.4 Å². The van der Waals surface area contributed by atoms with Gasteiger partial charge in [-0.05, 0) is 33.1 Å². The molecule has 0 amide bonds. The van der Waals surface area contributed by atoms with Gasteiger partial charge < -0.3 is 5.11 Å². The van der Waals surface area contributed by atoms with Crippen molar-refractivity contribution in [2.75, 3.05) is 0 Å². The van der Waals surface area contributed by atoms with Crippen LogP contribution in [0.3, 0.4) is 0 Å². The van der Waals surface area contributed by atoms with Crippen LogP contribution in [0.5, 0.6) is 0 Å². The first-order valence-electron chi connectivity index (χ1n) is 6.64. The second-order valence-corrected chi connectivity index (χ2v) is 5.60. The maximum atomic E-state index is 12.3. The van der Waals surface area contributed by atoms with Crippen molar-refractivity contribution in [1.29, 1.82) is 0 Å². The van der Waals surface area contributed by atoms with Crippen LogP contribution in [0.2, 0.25) is 0 Å². The lowest BCUT2D eigenvalue weighted by molar-refractivity contribution is -0.118.